The van der Waals surface area contributed by atoms with Gasteiger partial charge < -0.3 is 10.2 Å². The van der Waals surface area contributed by atoms with Crippen molar-refractivity contribution in [2.24, 2.45) is 5.92 Å². The zero-order valence-electron chi connectivity index (χ0n) is 8.55. The maximum absolute atomic E-state index is 10.8. The highest BCUT2D eigenvalue weighted by Crippen LogP contribution is 2.19. The zero-order chi connectivity index (χ0) is 11.8. The van der Waals surface area contributed by atoms with Crippen molar-refractivity contribution < 1.29 is 19.8 Å². The first-order valence-electron chi connectivity index (χ1n) is 4.64. The maximum atomic E-state index is 10.8. The van der Waals surface area contributed by atoms with Crippen molar-refractivity contribution in [2.45, 2.75) is 25.0 Å². The Kier molecular flexibility index (Phi) is 7.68. The van der Waals surface area contributed by atoms with Crippen LogP contribution in [0, 0.1) is 5.92 Å². The Morgan fingerprint density at radius 2 is 2.00 bits per heavy atom. The topological polar surface area (TPSA) is 74.6 Å². The number of carboxylic acid groups (broad SMARTS) is 2. The van der Waals surface area contributed by atoms with Crippen molar-refractivity contribution in [3.63, 3.8) is 0 Å². The summed E-state index contributed by atoms with van der Waals surface area (Å²) in [5.74, 6) is -1.31. The Bertz CT molecular complexity index is 220. The molecule has 0 aromatic heterocycles. The first-order chi connectivity index (χ1) is 6.97. The van der Waals surface area contributed by atoms with E-state index in [1.807, 2.05) is 6.92 Å². The van der Waals surface area contributed by atoms with Gasteiger partial charge in [-0.2, -0.15) is 24.4 Å². The van der Waals surface area contributed by atoms with E-state index in [0.29, 0.717) is 16.8 Å². The highest BCUT2D eigenvalue weighted by Gasteiger charge is 2.19. The molecule has 0 bridgehead atoms. The number of aliphatic carboxylic acids is 2. The molecule has 0 fully saturated rings. The van der Waals surface area contributed by atoms with Crippen molar-refractivity contribution in [1.82, 2.24) is 0 Å². The molecule has 88 valence electrons. The van der Waals surface area contributed by atoms with Gasteiger partial charge in [0, 0.05) is 23.2 Å². The van der Waals surface area contributed by atoms with E-state index in [1.165, 1.54) is 11.8 Å². The molecule has 2 atom stereocenters. The summed E-state index contributed by atoms with van der Waals surface area (Å²) in [6, 6.07) is 0. The molecule has 0 radical (unpaired) electrons. The molecule has 0 amide bonds. The van der Waals surface area contributed by atoms with Gasteiger partial charge in [-0.25, -0.2) is 0 Å². The van der Waals surface area contributed by atoms with E-state index in [4.69, 9.17) is 10.2 Å². The van der Waals surface area contributed by atoms with Crippen LogP contribution in [0.2, 0.25) is 0 Å². The van der Waals surface area contributed by atoms with Crippen LogP contribution in [0.5, 0.6) is 0 Å². The summed E-state index contributed by atoms with van der Waals surface area (Å²) < 4.78 is 0. The lowest BCUT2D eigenvalue weighted by Crippen LogP contribution is -2.19. The van der Waals surface area contributed by atoms with E-state index in [1.54, 1.807) is 0 Å². The molecule has 2 N–H and O–H groups in total. The number of carboxylic acids is 2. The lowest BCUT2D eigenvalue weighted by atomic mass is 10.1. The smallest absolute Gasteiger partial charge is 0.307 e. The minimum atomic E-state index is -0.950. The Balaban J connectivity index is 3.94. The van der Waals surface area contributed by atoms with Crippen molar-refractivity contribution in [1.29, 1.82) is 0 Å². The molecule has 15 heavy (non-hydrogen) atoms. The number of hydrogen-bond donors (Lipinski definition) is 3. The number of thiol groups is 1. The van der Waals surface area contributed by atoms with Gasteiger partial charge in [0.15, 0.2) is 0 Å². The van der Waals surface area contributed by atoms with E-state index in [-0.39, 0.29) is 12.8 Å². The second kappa shape index (κ2) is 7.87. The summed E-state index contributed by atoms with van der Waals surface area (Å²) in [6.07, 6.45) is 0.101. The molecule has 4 nitrogen and oxygen atoms in total. The molecule has 0 aliphatic rings. The number of carbonyl (C=O) groups is 2. The van der Waals surface area contributed by atoms with E-state index >= 15 is 0 Å². The van der Waals surface area contributed by atoms with Gasteiger partial charge in [0.05, 0.1) is 5.92 Å². The Morgan fingerprint density at radius 1 is 1.40 bits per heavy atom. The summed E-state index contributed by atoms with van der Waals surface area (Å²) in [5, 5.41) is 17.6. The van der Waals surface area contributed by atoms with Gasteiger partial charge in [0.2, 0.25) is 0 Å². The highest BCUT2D eigenvalue weighted by atomic mass is 32.2. The maximum Gasteiger partial charge on any atom is 0.307 e. The van der Waals surface area contributed by atoms with Crippen LogP contribution < -0.4 is 0 Å². The largest absolute Gasteiger partial charge is 0.481 e. The van der Waals surface area contributed by atoms with Crippen molar-refractivity contribution >= 4 is 36.3 Å². The van der Waals surface area contributed by atoms with Crippen LogP contribution in [0.15, 0.2) is 0 Å². The molecule has 0 aromatic rings. The van der Waals surface area contributed by atoms with E-state index in [2.05, 4.69) is 12.6 Å². The molecule has 0 heterocycles. The predicted octanol–water partition coefficient (Wildman–Crippen LogP) is 1.60. The van der Waals surface area contributed by atoms with Gasteiger partial charge in [0.1, 0.15) is 0 Å². The van der Waals surface area contributed by atoms with Crippen LogP contribution in [0.1, 0.15) is 19.8 Å². The van der Waals surface area contributed by atoms with Crippen LogP contribution in [-0.2, 0) is 9.59 Å². The Morgan fingerprint density at radius 3 is 2.40 bits per heavy atom. The Hall–Kier alpha value is -0.360. The van der Waals surface area contributed by atoms with Gasteiger partial charge in [-0.3, -0.25) is 9.59 Å². The Labute approximate surface area is 98.8 Å². The molecule has 0 aliphatic heterocycles. The standard InChI is InChI=1S/C9H16O4S2/c1-6(4-14)15-5-7(9(12)13)2-3-8(10)11/h6-7,14H,2-5H2,1H3,(H,10,11)(H,12,13). The van der Waals surface area contributed by atoms with Gasteiger partial charge in [0.25, 0.3) is 0 Å². The summed E-state index contributed by atoms with van der Waals surface area (Å²) in [6.45, 7) is 1.97. The molecule has 0 aliphatic carbocycles. The fraction of sp³-hybridized carbons (Fsp3) is 0.778. The molecule has 0 aromatic carbocycles. The fourth-order valence-corrected chi connectivity index (χ4v) is 2.20. The zero-order valence-corrected chi connectivity index (χ0v) is 10.3. The van der Waals surface area contributed by atoms with Crippen LogP contribution in [-0.4, -0.2) is 38.9 Å². The molecule has 6 heteroatoms. The van der Waals surface area contributed by atoms with Crippen LogP contribution in [0.3, 0.4) is 0 Å². The van der Waals surface area contributed by atoms with Crippen LogP contribution in [0.25, 0.3) is 0 Å². The van der Waals surface area contributed by atoms with Gasteiger partial charge in [-0.1, -0.05) is 6.92 Å². The average molecular weight is 252 g/mol. The average Bonchev–Trinajstić information content (AvgIpc) is 2.16. The first kappa shape index (κ1) is 14.6. The molecular formula is C9H16O4S2. The molecule has 0 saturated heterocycles. The minimum Gasteiger partial charge on any atom is -0.481 e. The summed E-state index contributed by atoms with van der Waals surface area (Å²) in [7, 11) is 0. The third-order valence-corrected chi connectivity index (χ3v) is 4.02. The quantitative estimate of drug-likeness (QED) is 0.572. The first-order valence-corrected chi connectivity index (χ1v) is 6.32. The summed E-state index contributed by atoms with van der Waals surface area (Å²) >= 11 is 5.61. The number of rotatable bonds is 8. The predicted molar refractivity (Wildman–Crippen MR) is 63.8 cm³/mol. The van der Waals surface area contributed by atoms with Crippen molar-refractivity contribution in [3.8, 4) is 0 Å². The van der Waals surface area contributed by atoms with E-state index < -0.39 is 17.9 Å². The second-order valence-electron chi connectivity index (χ2n) is 3.29. The van der Waals surface area contributed by atoms with Crippen LogP contribution in [0.4, 0.5) is 0 Å². The third-order valence-electron chi connectivity index (χ3n) is 1.89. The van der Waals surface area contributed by atoms with Crippen LogP contribution >= 0.6 is 24.4 Å². The van der Waals surface area contributed by atoms with Gasteiger partial charge in [-0.05, 0) is 6.42 Å². The van der Waals surface area contributed by atoms with Crippen molar-refractivity contribution in [3.05, 3.63) is 0 Å². The SMILES string of the molecule is CC(CS)SCC(CCC(=O)O)C(=O)O. The summed E-state index contributed by atoms with van der Waals surface area (Å²) in [4.78, 5) is 21.1. The molecule has 0 spiro atoms. The molecular weight excluding hydrogens is 236 g/mol. The second-order valence-corrected chi connectivity index (χ2v) is 5.13. The lowest BCUT2D eigenvalue weighted by molar-refractivity contribution is -0.142. The molecule has 0 rings (SSSR count). The summed E-state index contributed by atoms with van der Waals surface area (Å²) in [5.41, 5.74) is 0. The number of thioether (sulfide) groups is 1. The molecule has 2 unspecified atom stereocenters. The lowest BCUT2D eigenvalue weighted by Gasteiger charge is -2.13. The molecule has 0 saturated carbocycles. The monoisotopic (exact) mass is 252 g/mol. The van der Waals surface area contributed by atoms with Crippen molar-refractivity contribution in [2.75, 3.05) is 11.5 Å². The third kappa shape index (κ3) is 7.56. The number of hydrogen-bond acceptors (Lipinski definition) is 4. The highest BCUT2D eigenvalue weighted by molar-refractivity contribution is 8.00. The van der Waals surface area contributed by atoms with Gasteiger partial charge >= 0.3 is 11.9 Å². The fourth-order valence-electron chi connectivity index (χ4n) is 0.909. The van der Waals surface area contributed by atoms with E-state index in [0.717, 1.165) is 0 Å². The minimum absolute atomic E-state index is 0.0905. The van der Waals surface area contributed by atoms with E-state index in [9.17, 15) is 9.59 Å². The van der Waals surface area contributed by atoms with Gasteiger partial charge in [-0.15, -0.1) is 0 Å². The normalized spacial score (nSPS) is 14.5.